The molecular formula is C12H10F4N2O. The summed E-state index contributed by atoms with van der Waals surface area (Å²) in [6.45, 7) is 1.76. The average molecular weight is 274 g/mol. The molecule has 3 nitrogen and oxygen atoms in total. The fourth-order valence-corrected chi connectivity index (χ4v) is 1.77. The Morgan fingerprint density at radius 3 is 2.58 bits per heavy atom. The van der Waals surface area contributed by atoms with E-state index in [0.29, 0.717) is 18.1 Å². The van der Waals surface area contributed by atoms with Crippen LogP contribution in [0, 0.1) is 5.82 Å². The minimum absolute atomic E-state index is 0.0924. The summed E-state index contributed by atoms with van der Waals surface area (Å²) in [6, 6.07) is 2.63. The van der Waals surface area contributed by atoms with Crippen molar-refractivity contribution in [3.05, 3.63) is 35.1 Å². The van der Waals surface area contributed by atoms with Crippen molar-refractivity contribution in [3.63, 3.8) is 0 Å². The summed E-state index contributed by atoms with van der Waals surface area (Å²) in [5.74, 6) is -1.08. The number of nitrogens with zero attached hydrogens (tertiary/aromatic N) is 1. The van der Waals surface area contributed by atoms with E-state index in [1.165, 1.54) is 6.07 Å². The van der Waals surface area contributed by atoms with Gasteiger partial charge in [-0.25, -0.2) is 4.39 Å². The summed E-state index contributed by atoms with van der Waals surface area (Å²) in [7, 11) is 0. The summed E-state index contributed by atoms with van der Waals surface area (Å²) in [4.78, 5) is 0. The molecule has 0 aliphatic carbocycles. The Bertz CT molecular complexity index is 604. The number of hydrogen-bond donors (Lipinski definition) is 1. The van der Waals surface area contributed by atoms with Crippen molar-refractivity contribution < 1.29 is 22.1 Å². The lowest BCUT2D eigenvalue weighted by Gasteiger charge is -2.09. The zero-order valence-corrected chi connectivity index (χ0v) is 9.88. The van der Waals surface area contributed by atoms with E-state index in [1.807, 2.05) is 0 Å². The molecule has 2 aromatic rings. The predicted molar refractivity (Wildman–Crippen MR) is 60.7 cm³/mol. The van der Waals surface area contributed by atoms with E-state index in [-0.39, 0.29) is 17.1 Å². The molecule has 0 unspecified atom stereocenters. The third-order valence-electron chi connectivity index (χ3n) is 2.71. The molecule has 1 aromatic carbocycles. The first-order valence-electron chi connectivity index (χ1n) is 5.45. The number of alkyl halides is 3. The van der Waals surface area contributed by atoms with E-state index in [2.05, 4.69) is 5.16 Å². The second-order valence-electron chi connectivity index (χ2n) is 3.92. The van der Waals surface area contributed by atoms with Gasteiger partial charge < -0.3 is 10.3 Å². The monoisotopic (exact) mass is 274 g/mol. The van der Waals surface area contributed by atoms with Crippen LogP contribution >= 0.6 is 0 Å². The third kappa shape index (κ3) is 2.40. The van der Waals surface area contributed by atoms with Crippen LogP contribution < -0.4 is 5.73 Å². The molecule has 0 bridgehead atoms. The maximum atomic E-state index is 13.2. The van der Waals surface area contributed by atoms with Crippen LogP contribution in [0.3, 0.4) is 0 Å². The Morgan fingerprint density at radius 1 is 1.32 bits per heavy atom. The molecule has 0 radical (unpaired) electrons. The summed E-state index contributed by atoms with van der Waals surface area (Å²) in [6.07, 6.45) is -4.32. The van der Waals surface area contributed by atoms with Crippen molar-refractivity contribution in [1.82, 2.24) is 5.16 Å². The minimum atomic E-state index is -4.77. The van der Waals surface area contributed by atoms with Gasteiger partial charge in [-0.15, -0.1) is 0 Å². The highest BCUT2D eigenvalue weighted by atomic mass is 19.4. The number of anilines is 1. The molecule has 0 saturated carbocycles. The lowest BCUT2D eigenvalue weighted by atomic mass is 10.0. The van der Waals surface area contributed by atoms with Gasteiger partial charge in [0, 0.05) is 11.1 Å². The molecule has 0 aliphatic heterocycles. The molecule has 19 heavy (non-hydrogen) atoms. The maximum Gasteiger partial charge on any atom is 0.419 e. The molecule has 2 rings (SSSR count). The van der Waals surface area contributed by atoms with E-state index in [1.54, 1.807) is 6.92 Å². The van der Waals surface area contributed by atoms with Crippen molar-refractivity contribution in [2.75, 3.05) is 5.73 Å². The molecule has 0 saturated heterocycles. The number of nitrogen functional groups attached to an aromatic ring is 1. The number of halogens is 4. The Labute approximate surface area is 106 Å². The molecule has 2 N–H and O–H groups in total. The lowest BCUT2D eigenvalue weighted by Crippen LogP contribution is -2.08. The first-order valence-corrected chi connectivity index (χ1v) is 5.45. The van der Waals surface area contributed by atoms with Crippen LogP contribution in [0.2, 0.25) is 0 Å². The van der Waals surface area contributed by atoms with Gasteiger partial charge in [-0.3, -0.25) is 0 Å². The van der Waals surface area contributed by atoms with Crippen molar-refractivity contribution in [1.29, 1.82) is 0 Å². The normalized spacial score (nSPS) is 11.8. The summed E-state index contributed by atoms with van der Waals surface area (Å²) >= 11 is 0. The Kier molecular flexibility index (Phi) is 3.21. The number of hydrogen-bond acceptors (Lipinski definition) is 3. The highest BCUT2D eigenvalue weighted by molar-refractivity contribution is 5.66. The van der Waals surface area contributed by atoms with Crippen LogP contribution in [0.15, 0.2) is 22.7 Å². The predicted octanol–water partition coefficient (Wildman–Crippen LogP) is 3.64. The van der Waals surface area contributed by atoms with E-state index in [9.17, 15) is 17.6 Å². The van der Waals surface area contributed by atoms with E-state index < -0.39 is 17.6 Å². The summed E-state index contributed by atoms with van der Waals surface area (Å²) in [5, 5.41) is 3.51. The van der Waals surface area contributed by atoms with Gasteiger partial charge in [0.25, 0.3) is 0 Å². The van der Waals surface area contributed by atoms with Gasteiger partial charge >= 0.3 is 6.18 Å². The quantitative estimate of drug-likeness (QED) is 0.850. The van der Waals surface area contributed by atoms with Crippen molar-refractivity contribution in [3.8, 4) is 11.3 Å². The van der Waals surface area contributed by atoms with E-state index in [4.69, 9.17) is 10.3 Å². The second kappa shape index (κ2) is 4.56. The molecule has 0 amide bonds. The van der Waals surface area contributed by atoms with Gasteiger partial charge in [0.15, 0.2) is 11.6 Å². The van der Waals surface area contributed by atoms with E-state index in [0.717, 1.165) is 6.07 Å². The standard InChI is InChI=1S/C12H10F4N2O/c1-2-7-10(19-18-11(7)17)6-3-4-9(13)8(5-6)12(14,15)16/h3-5H,2H2,1H3,(H2,17,18). The van der Waals surface area contributed by atoms with Crippen molar-refractivity contribution in [2.24, 2.45) is 0 Å². The fourth-order valence-electron chi connectivity index (χ4n) is 1.77. The van der Waals surface area contributed by atoms with Gasteiger partial charge in [0.1, 0.15) is 5.82 Å². The number of benzene rings is 1. The summed E-state index contributed by atoms with van der Waals surface area (Å²) in [5.41, 5.74) is 4.79. The molecule has 7 heteroatoms. The van der Waals surface area contributed by atoms with E-state index >= 15 is 0 Å². The number of aromatic nitrogens is 1. The van der Waals surface area contributed by atoms with Crippen LogP contribution in [-0.2, 0) is 12.6 Å². The molecule has 0 aliphatic rings. The van der Waals surface area contributed by atoms with Gasteiger partial charge in [0.2, 0.25) is 0 Å². The number of nitrogens with two attached hydrogens (primary N) is 1. The van der Waals surface area contributed by atoms with Crippen LogP contribution in [-0.4, -0.2) is 5.16 Å². The van der Waals surface area contributed by atoms with Crippen molar-refractivity contribution in [2.45, 2.75) is 19.5 Å². The Hall–Kier alpha value is -2.05. The van der Waals surface area contributed by atoms with Gasteiger partial charge in [-0.2, -0.15) is 13.2 Å². The third-order valence-corrected chi connectivity index (χ3v) is 2.71. The van der Waals surface area contributed by atoms with Gasteiger partial charge in [0.05, 0.1) is 5.56 Å². The molecular weight excluding hydrogens is 264 g/mol. The van der Waals surface area contributed by atoms with Crippen molar-refractivity contribution >= 4 is 5.82 Å². The fraction of sp³-hybridized carbons (Fsp3) is 0.250. The molecule has 102 valence electrons. The van der Waals surface area contributed by atoms with Crippen LogP contribution in [0.4, 0.5) is 23.4 Å². The molecule has 0 atom stereocenters. The van der Waals surface area contributed by atoms with Crippen LogP contribution in [0.25, 0.3) is 11.3 Å². The first-order chi connectivity index (χ1) is 8.84. The van der Waals surface area contributed by atoms with Crippen LogP contribution in [0.1, 0.15) is 18.1 Å². The Morgan fingerprint density at radius 2 is 2.00 bits per heavy atom. The van der Waals surface area contributed by atoms with Gasteiger partial charge in [-0.1, -0.05) is 12.1 Å². The molecule has 0 fully saturated rings. The highest BCUT2D eigenvalue weighted by Gasteiger charge is 2.34. The zero-order chi connectivity index (χ0) is 14.2. The maximum absolute atomic E-state index is 13.2. The Balaban J connectivity index is 2.58. The SMILES string of the molecule is CCc1c(N)noc1-c1ccc(F)c(C(F)(F)F)c1. The lowest BCUT2D eigenvalue weighted by molar-refractivity contribution is -0.139. The summed E-state index contributed by atoms with van der Waals surface area (Å²) < 4.78 is 56.0. The topological polar surface area (TPSA) is 52.0 Å². The zero-order valence-electron chi connectivity index (χ0n) is 9.88. The number of rotatable bonds is 2. The molecule has 0 spiro atoms. The van der Waals surface area contributed by atoms with Gasteiger partial charge in [-0.05, 0) is 24.6 Å². The smallest absolute Gasteiger partial charge is 0.381 e. The highest BCUT2D eigenvalue weighted by Crippen LogP contribution is 2.36. The second-order valence-corrected chi connectivity index (χ2v) is 3.92. The van der Waals surface area contributed by atoms with Crippen LogP contribution in [0.5, 0.6) is 0 Å². The average Bonchev–Trinajstić information content (AvgIpc) is 2.69. The molecule has 1 aromatic heterocycles. The minimum Gasteiger partial charge on any atom is -0.381 e. The first kappa shape index (κ1) is 13.4. The largest absolute Gasteiger partial charge is 0.419 e. The molecule has 1 heterocycles.